The molecule has 19 heavy (non-hydrogen) atoms. The van der Waals surface area contributed by atoms with Crippen LogP contribution >= 0.6 is 22.9 Å². The number of benzene rings is 1. The summed E-state index contributed by atoms with van der Waals surface area (Å²) < 4.78 is 5.40. The number of hydrogen-bond donors (Lipinski definition) is 0. The molecule has 1 aromatic carbocycles. The van der Waals surface area contributed by atoms with Gasteiger partial charge in [0.1, 0.15) is 17.4 Å². The van der Waals surface area contributed by atoms with E-state index in [4.69, 9.17) is 16.3 Å². The number of ether oxygens (including phenoxy) is 1. The van der Waals surface area contributed by atoms with Gasteiger partial charge in [0.2, 0.25) is 0 Å². The van der Waals surface area contributed by atoms with Gasteiger partial charge in [0.15, 0.2) is 5.78 Å². The molecule has 0 atom stereocenters. The van der Waals surface area contributed by atoms with Crippen molar-refractivity contribution in [3.05, 3.63) is 44.9 Å². The summed E-state index contributed by atoms with van der Waals surface area (Å²) in [6.07, 6.45) is 0.319. The fraction of sp³-hybridized carbons (Fsp3) is 0.286. The molecule has 0 amide bonds. The predicted molar refractivity (Wildman–Crippen MR) is 77.2 cm³/mol. The molecule has 0 saturated heterocycles. The lowest BCUT2D eigenvalue weighted by Gasteiger charge is -2.04. The van der Waals surface area contributed by atoms with Crippen molar-refractivity contribution in [2.24, 2.45) is 0 Å². The van der Waals surface area contributed by atoms with Crippen molar-refractivity contribution in [1.82, 2.24) is 4.98 Å². The molecule has 0 aliphatic heterocycles. The monoisotopic (exact) mass is 295 g/mol. The van der Waals surface area contributed by atoms with E-state index in [9.17, 15) is 4.79 Å². The highest BCUT2D eigenvalue weighted by Gasteiger charge is 2.10. The molecule has 0 N–H and O–H groups in total. The van der Waals surface area contributed by atoms with Gasteiger partial charge in [-0.3, -0.25) is 4.79 Å². The van der Waals surface area contributed by atoms with Gasteiger partial charge in [0.05, 0.1) is 12.1 Å². The van der Waals surface area contributed by atoms with E-state index in [1.807, 2.05) is 13.8 Å². The standard InChI is InChI=1S/C14H14ClNO2S/c1-9-10(2)19-14(16-9)7-12(17)8-18-13-5-3-4-11(15)6-13/h3-6H,7-8H2,1-2H3. The van der Waals surface area contributed by atoms with Crippen molar-refractivity contribution >= 4 is 28.7 Å². The highest BCUT2D eigenvalue weighted by Crippen LogP contribution is 2.18. The SMILES string of the molecule is Cc1nc(CC(=O)COc2cccc(Cl)c2)sc1C. The number of aromatic nitrogens is 1. The maximum absolute atomic E-state index is 11.8. The number of aryl methyl sites for hydroxylation is 2. The Bertz CT molecular complexity index is 575. The lowest BCUT2D eigenvalue weighted by atomic mass is 10.3. The third-order valence-electron chi connectivity index (χ3n) is 2.62. The highest BCUT2D eigenvalue weighted by atomic mass is 35.5. The lowest BCUT2D eigenvalue weighted by Crippen LogP contribution is -2.13. The minimum absolute atomic E-state index is 0.00808. The maximum atomic E-state index is 11.8. The first-order chi connectivity index (χ1) is 9.04. The van der Waals surface area contributed by atoms with Crippen LogP contribution in [-0.2, 0) is 11.2 Å². The third kappa shape index (κ3) is 4.04. The molecular weight excluding hydrogens is 282 g/mol. The highest BCUT2D eigenvalue weighted by molar-refractivity contribution is 7.11. The molecule has 1 heterocycles. The van der Waals surface area contributed by atoms with Crippen molar-refractivity contribution in [1.29, 1.82) is 0 Å². The van der Waals surface area contributed by atoms with Crippen LogP contribution < -0.4 is 4.74 Å². The van der Waals surface area contributed by atoms with E-state index in [-0.39, 0.29) is 12.4 Å². The van der Waals surface area contributed by atoms with Gasteiger partial charge in [-0.1, -0.05) is 17.7 Å². The van der Waals surface area contributed by atoms with Crippen LogP contribution in [0, 0.1) is 13.8 Å². The fourth-order valence-electron chi connectivity index (χ4n) is 1.56. The first-order valence-electron chi connectivity index (χ1n) is 5.87. The van der Waals surface area contributed by atoms with Gasteiger partial charge in [0, 0.05) is 9.90 Å². The third-order valence-corrected chi connectivity index (χ3v) is 3.93. The topological polar surface area (TPSA) is 39.2 Å². The number of rotatable bonds is 5. The molecule has 0 spiro atoms. The van der Waals surface area contributed by atoms with Crippen molar-refractivity contribution < 1.29 is 9.53 Å². The van der Waals surface area contributed by atoms with E-state index < -0.39 is 0 Å². The molecule has 2 rings (SSSR count). The Morgan fingerprint density at radius 3 is 2.84 bits per heavy atom. The molecule has 0 fully saturated rings. The van der Waals surface area contributed by atoms with E-state index >= 15 is 0 Å². The summed E-state index contributed by atoms with van der Waals surface area (Å²) in [5.74, 6) is 0.612. The summed E-state index contributed by atoms with van der Waals surface area (Å²) in [6, 6.07) is 7.01. The number of carbonyl (C=O) groups is 1. The number of thiazole rings is 1. The minimum Gasteiger partial charge on any atom is -0.486 e. The van der Waals surface area contributed by atoms with Crippen molar-refractivity contribution in [2.45, 2.75) is 20.3 Å². The second kappa shape index (κ2) is 6.17. The van der Waals surface area contributed by atoms with Gasteiger partial charge >= 0.3 is 0 Å². The molecule has 0 unspecified atom stereocenters. The molecule has 0 bridgehead atoms. The summed E-state index contributed by atoms with van der Waals surface area (Å²) in [5.41, 5.74) is 0.989. The molecule has 0 aliphatic rings. The number of nitrogens with zero attached hydrogens (tertiary/aromatic N) is 1. The normalized spacial score (nSPS) is 10.5. The molecule has 2 aromatic rings. The van der Waals surface area contributed by atoms with Crippen molar-refractivity contribution in [3.8, 4) is 5.75 Å². The van der Waals surface area contributed by atoms with E-state index in [0.717, 1.165) is 15.6 Å². The van der Waals surface area contributed by atoms with Crippen molar-refractivity contribution in [3.63, 3.8) is 0 Å². The number of carbonyl (C=O) groups excluding carboxylic acids is 1. The Hall–Kier alpha value is -1.39. The Balaban J connectivity index is 1.88. The van der Waals surface area contributed by atoms with Crippen LogP contribution in [0.1, 0.15) is 15.6 Å². The van der Waals surface area contributed by atoms with E-state index in [1.165, 1.54) is 0 Å². The number of Topliss-reactive ketones (excluding diaryl/α,β-unsaturated/α-hetero) is 1. The number of halogens is 1. The van der Waals surface area contributed by atoms with Gasteiger partial charge < -0.3 is 4.74 Å². The molecule has 0 aliphatic carbocycles. The average Bonchev–Trinajstić information content (AvgIpc) is 2.66. The van der Waals surface area contributed by atoms with Crippen LogP contribution in [0.5, 0.6) is 5.75 Å². The number of ketones is 1. The summed E-state index contributed by atoms with van der Waals surface area (Å²) in [4.78, 5) is 17.3. The van der Waals surface area contributed by atoms with Crippen LogP contribution in [0.2, 0.25) is 5.02 Å². The van der Waals surface area contributed by atoms with Crippen LogP contribution in [0.15, 0.2) is 24.3 Å². The summed E-state index contributed by atoms with van der Waals surface area (Å²) >= 11 is 7.40. The molecule has 0 saturated carbocycles. The van der Waals surface area contributed by atoms with Crippen LogP contribution in [0.4, 0.5) is 0 Å². The van der Waals surface area contributed by atoms with Gasteiger partial charge in [-0.15, -0.1) is 11.3 Å². The second-order valence-electron chi connectivity index (χ2n) is 4.21. The van der Waals surface area contributed by atoms with Crippen molar-refractivity contribution in [2.75, 3.05) is 6.61 Å². The van der Waals surface area contributed by atoms with Crippen LogP contribution in [0.25, 0.3) is 0 Å². The van der Waals surface area contributed by atoms with Crippen LogP contribution in [0.3, 0.4) is 0 Å². The number of hydrogen-bond acceptors (Lipinski definition) is 4. The largest absolute Gasteiger partial charge is 0.486 e. The molecule has 5 heteroatoms. The Morgan fingerprint density at radius 2 is 2.21 bits per heavy atom. The zero-order chi connectivity index (χ0) is 13.8. The zero-order valence-corrected chi connectivity index (χ0v) is 12.3. The molecular formula is C14H14ClNO2S. The average molecular weight is 296 g/mol. The Kier molecular flexibility index (Phi) is 4.56. The van der Waals surface area contributed by atoms with E-state index in [1.54, 1.807) is 35.6 Å². The van der Waals surface area contributed by atoms with Gasteiger partial charge in [-0.25, -0.2) is 4.98 Å². The molecule has 0 radical (unpaired) electrons. The maximum Gasteiger partial charge on any atom is 0.176 e. The summed E-state index contributed by atoms with van der Waals surface area (Å²) in [5, 5.41) is 1.44. The van der Waals surface area contributed by atoms with E-state index in [0.29, 0.717) is 17.2 Å². The van der Waals surface area contributed by atoms with Crippen LogP contribution in [-0.4, -0.2) is 17.4 Å². The first-order valence-corrected chi connectivity index (χ1v) is 7.07. The lowest BCUT2D eigenvalue weighted by molar-refractivity contribution is -0.120. The molecule has 1 aromatic heterocycles. The Morgan fingerprint density at radius 1 is 1.42 bits per heavy atom. The van der Waals surface area contributed by atoms with Gasteiger partial charge in [-0.05, 0) is 32.0 Å². The predicted octanol–water partition coefficient (Wildman–Crippen LogP) is 3.60. The molecule has 100 valence electrons. The summed E-state index contributed by atoms with van der Waals surface area (Å²) in [6.45, 7) is 3.99. The minimum atomic E-state index is 0.00808. The zero-order valence-electron chi connectivity index (χ0n) is 10.8. The molecule has 3 nitrogen and oxygen atoms in total. The van der Waals surface area contributed by atoms with E-state index in [2.05, 4.69) is 4.98 Å². The summed E-state index contributed by atoms with van der Waals surface area (Å²) in [7, 11) is 0. The first kappa shape index (κ1) is 14.0. The second-order valence-corrected chi connectivity index (χ2v) is 5.93. The quantitative estimate of drug-likeness (QED) is 0.846. The smallest absolute Gasteiger partial charge is 0.176 e. The fourth-order valence-corrected chi connectivity index (χ4v) is 2.70. The van der Waals surface area contributed by atoms with Gasteiger partial charge in [-0.2, -0.15) is 0 Å². The Labute approximate surface area is 121 Å². The van der Waals surface area contributed by atoms with Gasteiger partial charge in [0.25, 0.3) is 0 Å².